The van der Waals surface area contributed by atoms with E-state index in [-0.39, 0.29) is 42.8 Å². The zero-order valence-corrected chi connectivity index (χ0v) is 19.4. The summed E-state index contributed by atoms with van der Waals surface area (Å²) >= 11 is 0. The van der Waals surface area contributed by atoms with Crippen LogP contribution in [0.25, 0.3) is 0 Å². The van der Waals surface area contributed by atoms with Crippen LogP contribution in [0.4, 0.5) is 22.0 Å². The number of hydrogen-bond donors (Lipinski definition) is 2. The van der Waals surface area contributed by atoms with Crippen molar-refractivity contribution in [3.8, 4) is 11.5 Å². The van der Waals surface area contributed by atoms with Gasteiger partial charge in [0.1, 0.15) is 11.5 Å². The largest absolute Gasteiger partial charge is 0.497 e. The molecule has 0 heterocycles. The Kier molecular flexibility index (Phi) is 13.7. The van der Waals surface area contributed by atoms with Crippen LogP contribution >= 0.6 is 24.0 Å². The van der Waals surface area contributed by atoms with Crippen molar-refractivity contribution >= 4 is 29.9 Å². The lowest BCUT2D eigenvalue weighted by Gasteiger charge is -2.19. The van der Waals surface area contributed by atoms with Gasteiger partial charge in [-0.05, 0) is 45.1 Å². The van der Waals surface area contributed by atoms with E-state index in [4.69, 9.17) is 4.74 Å². The molecule has 0 spiro atoms. The lowest BCUT2D eigenvalue weighted by Crippen LogP contribution is -2.39. The second-order valence-corrected chi connectivity index (χ2v) is 6.18. The number of nitrogens with one attached hydrogen (secondary N) is 2. The summed E-state index contributed by atoms with van der Waals surface area (Å²) in [5.41, 5.74) is 0.409. The maximum absolute atomic E-state index is 12.6. The molecule has 0 atom stereocenters. The van der Waals surface area contributed by atoms with Crippen molar-refractivity contribution in [2.75, 3.05) is 40.3 Å². The molecule has 1 rings (SSSR count). The molecule has 30 heavy (non-hydrogen) atoms. The minimum atomic E-state index is -4.23. The average molecular weight is 554 g/mol. The van der Waals surface area contributed by atoms with Crippen molar-refractivity contribution in [1.82, 2.24) is 15.5 Å². The number of ether oxygens (including phenoxy) is 2. The molecule has 174 valence electrons. The monoisotopic (exact) mass is 554 g/mol. The van der Waals surface area contributed by atoms with Gasteiger partial charge in [0.05, 0.1) is 20.2 Å². The molecule has 0 unspecified atom stereocenters. The first-order valence-electron chi connectivity index (χ1n) is 9.03. The Morgan fingerprint density at radius 3 is 2.50 bits per heavy atom. The molecule has 0 amide bonds. The molecular weight excluding hydrogens is 526 g/mol. The summed E-state index contributed by atoms with van der Waals surface area (Å²) in [6.07, 6.45) is -3.76. The number of aliphatic imine (C=N–C) groups is 1. The molecule has 0 aliphatic carbocycles. The topological polar surface area (TPSA) is 58.1 Å². The first kappa shape index (κ1) is 28.4. The maximum Gasteiger partial charge on any atom is 0.401 e. The van der Waals surface area contributed by atoms with Gasteiger partial charge in [0.2, 0.25) is 0 Å². The summed E-state index contributed by atoms with van der Waals surface area (Å²) in [7, 11) is 2.86. The number of benzene rings is 1. The fourth-order valence-electron chi connectivity index (χ4n) is 2.46. The van der Waals surface area contributed by atoms with E-state index in [1.54, 1.807) is 6.07 Å². The summed E-state index contributed by atoms with van der Waals surface area (Å²) in [6, 6.07) is 4.44. The molecular formula is C18H28F5IN4O2. The van der Waals surface area contributed by atoms with E-state index in [1.807, 2.05) is 6.92 Å². The molecule has 6 nitrogen and oxygen atoms in total. The van der Waals surface area contributed by atoms with Crippen LogP contribution in [0.3, 0.4) is 0 Å². The Bertz CT molecular complexity index is 647. The number of alkyl halides is 5. The fourth-order valence-corrected chi connectivity index (χ4v) is 2.46. The highest BCUT2D eigenvalue weighted by Crippen LogP contribution is 2.26. The maximum atomic E-state index is 12.6. The molecule has 1 aromatic rings. The number of methoxy groups -OCH3 is 1. The third-order valence-corrected chi connectivity index (χ3v) is 3.69. The second-order valence-electron chi connectivity index (χ2n) is 6.18. The molecule has 0 aliphatic rings. The summed E-state index contributed by atoms with van der Waals surface area (Å²) in [5.74, 6) is 0.883. The minimum Gasteiger partial charge on any atom is -0.497 e. The number of hydrogen-bond acceptors (Lipinski definition) is 4. The molecule has 0 bridgehead atoms. The van der Waals surface area contributed by atoms with Crippen LogP contribution < -0.4 is 20.1 Å². The number of guanidine groups is 1. The Morgan fingerprint density at radius 2 is 1.93 bits per heavy atom. The van der Waals surface area contributed by atoms with Gasteiger partial charge >= 0.3 is 12.8 Å². The first-order valence-corrected chi connectivity index (χ1v) is 9.03. The van der Waals surface area contributed by atoms with Gasteiger partial charge in [-0.2, -0.15) is 22.0 Å². The molecule has 0 saturated carbocycles. The quantitative estimate of drug-likeness (QED) is 0.143. The van der Waals surface area contributed by atoms with Gasteiger partial charge in [0.15, 0.2) is 5.96 Å². The number of rotatable bonds is 11. The minimum absolute atomic E-state index is 0. The van der Waals surface area contributed by atoms with Crippen LogP contribution in [0.5, 0.6) is 11.5 Å². The van der Waals surface area contributed by atoms with Crippen molar-refractivity contribution in [2.45, 2.75) is 32.7 Å². The Labute approximate surface area is 190 Å². The standard InChI is InChI=1S/C18H27F5N4O2.HI/c1-4-24-17(25-8-5-9-27(2)12-18(21,22)23)26-11-13-10-14(28-3)6-7-15(13)29-16(19)20;/h6-7,10,16H,4-5,8-9,11-12H2,1-3H3,(H2,24,25,26);1H. The van der Waals surface area contributed by atoms with Crippen molar-refractivity contribution in [2.24, 2.45) is 4.99 Å². The predicted octanol–water partition coefficient (Wildman–Crippen LogP) is 3.85. The third-order valence-electron chi connectivity index (χ3n) is 3.69. The molecule has 0 saturated heterocycles. The summed E-state index contributed by atoms with van der Waals surface area (Å²) in [5, 5.41) is 6.00. The predicted molar refractivity (Wildman–Crippen MR) is 116 cm³/mol. The van der Waals surface area contributed by atoms with Gasteiger partial charge in [-0.1, -0.05) is 0 Å². The van der Waals surface area contributed by atoms with Gasteiger partial charge in [0.25, 0.3) is 0 Å². The van der Waals surface area contributed by atoms with Crippen LogP contribution in [0.2, 0.25) is 0 Å². The van der Waals surface area contributed by atoms with Crippen molar-refractivity contribution in [1.29, 1.82) is 0 Å². The lowest BCUT2D eigenvalue weighted by molar-refractivity contribution is -0.143. The highest BCUT2D eigenvalue weighted by molar-refractivity contribution is 14.0. The Balaban J connectivity index is 0.00000841. The van der Waals surface area contributed by atoms with E-state index >= 15 is 0 Å². The Hall–Kier alpha value is -1.57. The summed E-state index contributed by atoms with van der Waals surface area (Å²) in [4.78, 5) is 5.51. The van der Waals surface area contributed by atoms with Crippen molar-refractivity contribution < 1.29 is 31.4 Å². The zero-order chi connectivity index (χ0) is 21.9. The van der Waals surface area contributed by atoms with Gasteiger partial charge in [-0.3, -0.25) is 4.90 Å². The molecule has 0 fully saturated rings. The highest BCUT2D eigenvalue weighted by Gasteiger charge is 2.28. The summed E-state index contributed by atoms with van der Waals surface area (Å²) in [6.45, 7) is -0.831. The van der Waals surface area contributed by atoms with Gasteiger partial charge in [-0.15, -0.1) is 24.0 Å². The van der Waals surface area contributed by atoms with Crippen molar-refractivity contribution in [3.05, 3.63) is 23.8 Å². The molecule has 1 aromatic carbocycles. The lowest BCUT2D eigenvalue weighted by atomic mass is 10.2. The first-order chi connectivity index (χ1) is 13.6. The fraction of sp³-hybridized carbons (Fsp3) is 0.611. The van der Waals surface area contributed by atoms with E-state index in [2.05, 4.69) is 20.4 Å². The smallest absolute Gasteiger partial charge is 0.401 e. The molecule has 0 radical (unpaired) electrons. The summed E-state index contributed by atoms with van der Waals surface area (Å²) < 4.78 is 71.7. The van der Waals surface area contributed by atoms with Crippen LogP contribution in [-0.2, 0) is 6.54 Å². The van der Waals surface area contributed by atoms with Gasteiger partial charge < -0.3 is 20.1 Å². The van der Waals surface area contributed by atoms with E-state index < -0.39 is 19.3 Å². The number of halogens is 6. The normalized spacial score (nSPS) is 12.0. The second kappa shape index (κ2) is 14.4. The molecule has 0 aliphatic heterocycles. The highest BCUT2D eigenvalue weighted by atomic mass is 127. The van der Waals surface area contributed by atoms with Crippen LogP contribution in [-0.4, -0.2) is 64.0 Å². The molecule has 2 N–H and O–H groups in total. The van der Waals surface area contributed by atoms with E-state index in [1.165, 1.54) is 31.2 Å². The van der Waals surface area contributed by atoms with E-state index in [0.29, 0.717) is 36.8 Å². The number of nitrogens with zero attached hydrogens (tertiary/aromatic N) is 2. The van der Waals surface area contributed by atoms with Gasteiger partial charge in [0, 0.05) is 18.7 Å². The molecule has 12 heteroatoms. The van der Waals surface area contributed by atoms with Crippen LogP contribution in [0, 0.1) is 0 Å². The Morgan fingerprint density at radius 1 is 1.23 bits per heavy atom. The SMILES string of the molecule is CCNC(=NCc1cc(OC)ccc1OC(F)F)NCCCN(C)CC(F)(F)F.I. The third kappa shape index (κ3) is 12.2. The van der Waals surface area contributed by atoms with Gasteiger partial charge in [-0.25, -0.2) is 4.99 Å². The van der Waals surface area contributed by atoms with Crippen LogP contribution in [0.1, 0.15) is 18.9 Å². The average Bonchev–Trinajstić information content (AvgIpc) is 2.62. The van der Waals surface area contributed by atoms with E-state index in [0.717, 1.165) is 0 Å². The van der Waals surface area contributed by atoms with E-state index in [9.17, 15) is 22.0 Å². The van der Waals surface area contributed by atoms with Crippen LogP contribution in [0.15, 0.2) is 23.2 Å². The molecule has 0 aromatic heterocycles. The zero-order valence-electron chi connectivity index (χ0n) is 17.1. The van der Waals surface area contributed by atoms with Crippen molar-refractivity contribution in [3.63, 3.8) is 0 Å².